The lowest BCUT2D eigenvalue weighted by Crippen LogP contribution is -2.44. The third-order valence-corrected chi connectivity index (χ3v) is 9.06. The van der Waals surface area contributed by atoms with Crippen LogP contribution in [-0.4, -0.2) is 52.0 Å². The highest BCUT2D eigenvalue weighted by Crippen LogP contribution is 2.46. The lowest BCUT2D eigenvalue weighted by molar-refractivity contribution is -0.139. The van der Waals surface area contributed by atoms with Gasteiger partial charge >= 0.3 is 0 Å². The van der Waals surface area contributed by atoms with E-state index in [4.69, 9.17) is 0 Å². The molecule has 8 heteroatoms. The first-order chi connectivity index (χ1) is 20.8. The molecule has 0 bridgehead atoms. The Kier molecular flexibility index (Phi) is 7.90. The van der Waals surface area contributed by atoms with Gasteiger partial charge in [0.05, 0.1) is 30.6 Å². The number of hydrogen-bond donors (Lipinski definition) is 2. The molecule has 3 aromatic carbocycles. The molecule has 0 unspecified atom stereocenters. The fraction of sp³-hybridized carbons (Fsp3) is 0.343. The van der Waals surface area contributed by atoms with Gasteiger partial charge in [0.1, 0.15) is 0 Å². The van der Waals surface area contributed by atoms with Gasteiger partial charge in [0.15, 0.2) is 5.60 Å². The maximum Gasteiger partial charge on any atom is 0.264 e. The van der Waals surface area contributed by atoms with Gasteiger partial charge < -0.3 is 20.0 Å². The standard InChI is InChI=1S/C35H37N3O5/c1-24(9-6-17-32(40)36-20-8-13-28(36)23-39)35(43)29-14-3-5-16-31(29)37(34(35)42)22-25-10-7-12-27(21-25)38-30-15-4-2-11-26(30)18-19-33(38)41/h2-7,9-12,14-16,21,24,28,39,43H,8,13,17-20,22-23H2,1H3/b9-6+/t24-,28+,35+/m1/s1. The van der Waals surface area contributed by atoms with Gasteiger partial charge in [-0.15, -0.1) is 0 Å². The molecule has 2 N–H and O–H groups in total. The number of anilines is 3. The Morgan fingerprint density at radius 2 is 1.79 bits per heavy atom. The van der Waals surface area contributed by atoms with E-state index in [0.29, 0.717) is 30.6 Å². The number of aliphatic hydroxyl groups is 2. The molecule has 3 aliphatic rings. The summed E-state index contributed by atoms with van der Waals surface area (Å²) in [5.74, 6) is -1.06. The molecule has 8 nitrogen and oxygen atoms in total. The highest BCUT2D eigenvalue weighted by atomic mass is 16.3. The molecule has 1 saturated heterocycles. The normalized spacial score (nSPS) is 22.3. The van der Waals surface area contributed by atoms with E-state index in [-0.39, 0.29) is 37.4 Å². The predicted molar refractivity (Wildman–Crippen MR) is 165 cm³/mol. The predicted octanol–water partition coefficient (Wildman–Crippen LogP) is 4.60. The number of fused-ring (bicyclic) bond motifs is 2. The number of likely N-dealkylation sites (tertiary alicyclic amines) is 1. The van der Waals surface area contributed by atoms with E-state index in [1.54, 1.807) is 39.8 Å². The molecule has 1 fully saturated rings. The molecular weight excluding hydrogens is 542 g/mol. The molecule has 43 heavy (non-hydrogen) atoms. The zero-order valence-electron chi connectivity index (χ0n) is 24.4. The fourth-order valence-electron chi connectivity index (χ4n) is 6.73. The van der Waals surface area contributed by atoms with Crippen LogP contribution in [0.5, 0.6) is 0 Å². The van der Waals surface area contributed by atoms with Crippen molar-refractivity contribution in [1.82, 2.24) is 4.90 Å². The minimum Gasteiger partial charge on any atom is -0.394 e. The molecule has 0 aromatic heterocycles. The Balaban J connectivity index is 1.23. The van der Waals surface area contributed by atoms with Gasteiger partial charge in [-0.3, -0.25) is 19.3 Å². The van der Waals surface area contributed by atoms with Gasteiger partial charge in [-0.1, -0.05) is 67.6 Å². The minimum atomic E-state index is -1.79. The van der Waals surface area contributed by atoms with Crippen LogP contribution < -0.4 is 9.80 Å². The second-order valence-electron chi connectivity index (χ2n) is 11.7. The van der Waals surface area contributed by atoms with E-state index < -0.39 is 17.4 Å². The van der Waals surface area contributed by atoms with E-state index in [2.05, 4.69) is 0 Å². The van der Waals surface area contributed by atoms with Gasteiger partial charge in [-0.25, -0.2) is 0 Å². The van der Waals surface area contributed by atoms with Crippen molar-refractivity contribution >= 4 is 34.8 Å². The number of rotatable bonds is 8. The van der Waals surface area contributed by atoms with E-state index >= 15 is 0 Å². The lowest BCUT2D eigenvalue weighted by atomic mass is 9.83. The number of carbonyl (C=O) groups is 3. The number of aryl methyl sites for hydroxylation is 1. The number of aliphatic hydroxyl groups excluding tert-OH is 1. The van der Waals surface area contributed by atoms with E-state index in [0.717, 1.165) is 35.3 Å². The summed E-state index contributed by atoms with van der Waals surface area (Å²) >= 11 is 0. The maximum absolute atomic E-state index is 14.0. The summed E-state index contributed by atoms with van der Waals surface area (Å²) in [7, 11) is 0. The molecule has 3 aliphatic heterocycles. The van der Waals surface area contributed by atoms with Crippen LogP contribution >= 0.6 is 0 Å². The van der Waals surface area contributed by atoms with Crippen molar-refractivity contribution in [2.45, 2.75) is 57.2 Å². The molecule has 3 atom stereocenters. The Morgan fingerprint density at radius 1 is 1.02 bits per heavy atom. The summed E-state index contributed by atoms with van der Waals surface area (Å²) in [6.45, 7) is 2.60. The highest BCUT2D eigenvalue weighted by molar-refractivity contribution is 6.07. The van der Waals surface area contributed by atoms with Crippen molar-refractivity contribution < 1.29 is 24.6 Å². The zero-order valence-corrected chi connectivity index (χ0v) is 24.4. The molecule has 0 aliphatic carbocycles. The summed E-state index contributed by atoms with van der Waals surface area (Å²) in [5, 5.41) is 21.5. The number of para-hydroxylation sites is 2. The van der Waals surface area contributed by atoms with Crippen LogP contribution in [-0.2, 0) is 33.0 Å². The van der Waals surface area contributed by atoms with Gasteiger partial charge in [-0.2, -0.15) is 0 Å². The fourth-order valence-corrected chi connectivity index (χ4v) is 6.73. The molecule has 222 valence electrons. The van der Waals surface area contributed by atoms with Crippen LogP contribution in [0, 0.1) is 5.92 Å². The molecule has 3 amide bonds. The Morgan fingerprint density at radius 3 is 2.60 bits per heavy atom. The number of carbonyl (C=O) groups excluding carboxylic acids is 3. The molecule has 6 rings (SSSR count). The summed E-state index contributed by atoms with van der Waals surface area (Å²) in [6, 6.07) is 22.7. The minimum absolute atomic E-state index is 0.0310. The molecular formula is C35H37N3O5. The first-order valence-electron chi connectivity index (χ1n) is 15.0. The third-order valence-electron chi connectivity index (χ3n) is 9.06. The number of nitrogens with zero attached hydrogens (tertiary/aromatic N) is 3. The summed E-state index contributed by atoms with van der Waals surface area (Å²) < 4.78 is 0. The SMILES string of the molecule is C[C@H](/C=C/CC(=O)N1CCC[C@H]1CO)[C@@]1(O)C(=O)N(Cc2cccc(N3C(=O)CCc4ccccc43)c2)c2ccccc21. The van der Waals surface area contributed by atoms with E-state index in [1.807, 2.05) is 66.7 Å². The van der Waals surface area contributed by atoms with E-state index in [1.165, 1.54) is 0 Å². The van der Waals surface area contributed by atoms with Gasteiger partial charge in [0.2, 0.25) is 11.8 Å². The Labute approximate surface area is 251 Å². The number of benzene rings is 3. The van der Waals surface area contributed by atoms with E-state index in [9.17, 15) is 24.6 Å². The average molecular weight is 580 g/mol. The molecule has 3 heterocycles. The molecule has 3 aromatic rings. The first kappa shape index (κ1) is 28.8. The van der Waals surface area contributed by atoms with Gasteiger partial charge in [0, 0.05) is 36.6 Å². The van der Waals surface area contributed by atoms with Crippen molar-refractivity contribution in [2.75, 3.05) is 23.0 Å². The van der Waals surface area contributed by atoms with Crippen LogP contribution in [0.3, 0.4) is 0 Å². The quantitative estimate of drug-likeness (QED) is 0.380. The topological polar surface area (TPSA) is 101 Å². The summed E-state index contributed by atoms with van der Waals surface area (Å²) in [5.41, 5.74) is 2.95. The van der Waals surface area contributed by atoms with Crippen molar-refractivity contribution in [3.05, 3.63) is 102 Å². The van der Waals surface area contributed by atoms with Crippen molar-refractivity contribution in [3.8, 4) is 0 Å². The smallest absolute Gasteiger partial charge is 0.264 e. The second-order valence-corrected chi connectivity index (χ2v) is 11.7. The largest absolute Gasteiger partial charge is 0.394 e. The lowest BCUT2D eigenvalue weighted by Gasteiger charge is -2.30. The first-order valence-corrected chi connectivity index (χ1v) is 15.0. The Hall–Kier alpha value is -4.27. The maximum atomic E-state index is 14.0. The van der Waals surface area contributed by atoms with Crippen LogP contribution in [0.15, 0.2) is 84.9 Å². The van der Waals surface area contributed by atoms with Gasteiger partial charge in [0.25, 0.3) is 5.91 Å². The summed E-state index contributed by atoms with van der Waals surface area (Å²) in [6.07, 6.45) is 6.42. The summed E-state index contributed by atoms with van der Waals surface area (Å²) in [4.78, 5) is 44.8. The highest BCUT2D eigenvalue weighted by Gasteiger charge is 2.52. The second kappa shape index (κ2) is 11.8. The Bertz CT molecular complexity index is 1580. The molecule has 0 radical (unpaired) electrons. The van der Waals surface area contributed by atoms with Gasteiger partial charge in [-0.05, 0) is 54.7 Å². The monoisotopic (exact) mass is 579 g/mol. The number of hydrogen-bond acceptors (Lipinski definition) is 5. The average Bonchev–Trinajstić information content (AvgIpc) is 3.59. The van der Waals surface area contributed by atoms with Crippen LogP contribution in [0.2, 0.25) is 0 Å². The van der Waals surface area contributed by atoms with Crippen LogP contribution in [0.4, 0.5) is 17.1 Å². The zero-order chi connectivity index (χ0) is 30.1. The van der Waals surface area contributed by atoms with Crippen molar-refractivity contribution in [1.29, 1.82) is 0 Å². The molecule has 0 spiro atoms. The number of amides is 3. The van der Waals surface area contributed by atoms with Crippen molar-refractivity contribution in [3.63, 3.8) is 0 Å². The molecule has 0 saturated carbocycles. The third kappa shape index (κ3) is 5.15. The van der Waals surface area contributed by atoms with Crippen LogP contribution in [0.25, 0.3) is 0 Å². The van der Waals surface area contributed by atoms with Crippen molar-refractivity contribution in [2.24, 2.45) is 5.92 Å². The van der Waals surface area contributed by atoms with Crippen LogP contribution in [0.1, 0.15) is 49.3 Å².